The summed E-state index contributed by atoms with van der Waals surface area (Å²) in [6, 6.07) is 12.1. The lowest BCUT2D eigenvalue weighted by Crippen LogP contribution is -2.30. The molecule has 2 rings (SSSR count). The molecule has 0 unspecified atom stereocenters. The third-order valence-corrected chi connectivity index (χ3v) is 3.16. The number of nitrogen functional groups attached to an aromatic ring is 1. The van der Waals surface area contributed by atoms with E-state index in [4.69, 9.17) is 10.5 Å². The van der Waals surface area contributed by atoms with Crippen molar-refractivity contribution in [2.75, 3.05) is 11.1 Å². The minimum Gasteiger partial charge on any atom is -0.449 e. The molecule has 0 aromatic heterocycles. The van der Waals surface area contributed by atoms with E-state index in [9.17, 15) is 19.7 Å². The Balaban J connectivity index is 2.03. The summed E-state index contributed by atoms with van der Waals surface area (Å²) in [4.78, 5) is 34.1. The lowest BCUT2D eigenvalue weighted by Gasteiger charge is -2.14. The van der Waals surface area contributed by atoms with Crippen molar-refractivity contribution in [3.63, 3.8) is 0 Å². The SMILES string of the molecule is C[C@@H](OC(=O)c1ccc([N+](=O)[O-])cc1N)C(=O)Nc1ccccc1. The number of nitrogens with one attached hydrogen (secondary N) is 1. The first-order chi connectivity index (χ1) is 11.4. The molecular formula is C16H15N3O5. The van der Waals surface area contributed by atoms with Crippen LogP contribution in [0, 0.1) is 10.1 Å². The van der Waals surface area contributed by atoms with E-state index in [1.54, 1.807) is 30.3 Å². The Kier molecular flexibility index (Phi) is 5.10. The topological polar surface area (TPSA) is 125 Å². The number of benzene rings is 2. The van der Waals surface area contributed by atoms with Crippen LogP contribution in [0.3, 0.4) is 0 Å². The van der Waals surface area contributed by atoms with Gasteiger partial charge in [0.15, 0.2) is 6.10 Å². The Hall–Kier alpha value is -3.42. The second-order valence-electron chi connectivity index (χ2n) is 4.93. The van der Waals surface area contributed by atoms with Crippen molar-refractivity contribution in [2.24, 2.45) is 0 Å². The fourth-order valence-corrected chi connectivity index (χ4v) is 1.89. The monoisotopic (exact) mass is 329 g/mol. The van der Waals surface area contributed by atoms with Crippen molar-refractivity contribution in [2.45, 2.75) is 13.0 Å². The number of ether oxygens (including phenoxy) is 1. The molecule has 0 radical (unpaired) electrons. The van der Waals surface area contributed by atoms with Gasteiger partial charge in [0.2, 0.25) is 0 Å². The normalized spacial score (nSPS) is 11.4. The highest BCUT2D eigenvalue weighted by Crippen LogP contribution is 2.21. The number of amides is 1. The van der Waals surface area contributed by atoms with Gasteiger partial charge in [0.25, 0.3) is 11.6 Å². The van der Waals surface area contributed by atoms with Gasteiger partial charge < -0.3 is 15.8 Å². The van der Waals surface area contributed by atoms with Gasteiger partial charge in [-0.2, -0.15) is 0 Å². The number of para-hydroxylation sites is 1. The molecule has 124 valence electrons. The maximum Gasteiger partial charge on any atom is 0.341 e. The van der Waals surface area contributed by atoms with Crippen LogP contribution in [-0.2, 0) is 9.53 Å². The summed E-state index contributed by atoms with van der Waals surface area (Å²) in [6.45, 7) is 1.41. The highest BCUT2D eigenvalue weighted by Gasteiger charge is 2.21. The van der Waals surface area contributed by atoms with Gasteiger partial charge >= 0.3 is 5.97 Å². The van der Waals surface area contributed by atoms with Gasteiger partial charge in [-0.15, -0.1) is 0 Å². The van der Waals surface area contributed by atoms with E-state index in [1.165, 1.54) is 13.0 Å². The number of anilines is 2. The minimum atomic E-state index is -1.06. The highest BCUT2D eigenvalue weighted by atomic mass is 16.6. The van der Waals surface area contributed by atoms with Crippen LogP contribution < -0.4 is 11.1 Å². The lowest BCUT2D eigenvalue weighted by atomic mass is 10.1. The molecule has 2 aromatic carbocycles. The Morgan fingerprint density at radius 2 is 1.88 bits per heavy atom. The largest absolute Gasteiger partial charge is 0.449 e. The highest BCUT2D eigenvalue weighted by molar-refractivity contribution is 5.99. The zero-order chi connectivity index (χ0) is 17.7. The number of nitrogens with zero attached hydrogens (tertiary/aromatic N) is 1. The molecule has 3 N–H and O–H groups in total. The van der Waals surface area contributed by atoms with E-state index in [0.717, 1.165) is 12.1 Å². The number of non-ortho nitro benzene ring substituents is 1. The van der Waals surface area contributed by atoms with Crippen molar-refractivity contribution >= 4 is 28.9 Å². The fourth-order valence-electron chi connectivity index (χ4n) is 1.89. The van der Waals surface area contributed by atoms with Crippen molar-refractivity contribution < 1.29 is 19.2 Å². The quantitative estimate of drug-likeness (QED) is 0.375. The van der Waals surface area contributed by atoms with Crippen molar-refractivity contribution in [1.82, 2.24) is 0 Å². The number of hydrogen-bond donors (Lipinski definition) is 2. The van der Waals surface area contributed by atoms with Gasteiger partial charge in [0.1, 0.15) is 0 Å². The van der Waals surface area contributed by atoms with Gasteiger partial charge in [-0.1, -0.05) is 18.2 Å². The van der Waals surface area contributed by atoms with Crippen molar-refractivity contribution in [1.29, 1.82) is 0 Å². The number of carbonyl (C=O) groups is 2. The smallest absolute Gasteiger partial charge is 0.341 e. The van der Waals surface area contributed by atoms with Crippen molar-refractivity contribution in [3.05, 3.63) is 64.2 Å². The number of rotatable bonds is 5. The molecule has 24 heavy (non-hydrogen) atoms. The first-order valence-electron chi connectivity index (χ1n) is 6.99. The van der Waals surface area contributed by atoms with E-state index < -0.39 is 22.9 Å². The zero-order valence-electron chi connectivity index (χ0n) is 12.8. The van der Waals surface area contributed by atoms with Crippen LogP contribution in [0.4, 0.5) is 17.1 Å². The number of nitro benzene ring substituents is 1. The summed E-state index contributed by atoms with van der Waals surface area (Å²) in [5.74, 6) is -1.34. The van der Waals surface area contributed by atoms with Gasteiger partial charge in [0, 0.05) is 17.8 Å². The third kappa shape index (κ3) is 4.07. The van der Waals surface area contributed by atoms with E-state index in [0.29, 0.717) is 5.69 Å². The summed E-state index contributed by atoms with van der Waals surface area (Å²) in [7, 11) is 0. The average molecular weight is 329 g/mol. The number of nitrogens with two attached hydrogens (primary N) is 1. The molecule has 2 aromatic rings. The molecule has 1 amide bonds. The van der Waals surface area contributed by atoms with Crippen LogP contribution in [0.5, 0.6) is 0 Å². The van der Waals surface area contributed by atoms with E-state index in [2.05, 4.69) is 5.32 Å². The Bertz CT molecular complexity index is 777. The predicted molar refractivity (Wildman–Crippen MR) is 87.5 cm³/mol. The van der Waals surface area contributed by atoms with Gasteiger partial charge in [0.05, 0.1) is 16.2 Å². The molecule has 0 aliphatic rings. The second kappa shape index (κ2) is 7.23. The molecule has 8 heteroatoms. The van der Waals surface area contributed by atoms with Crippen LogP contribution in [0.15, 0.2) is 48.5 Å². The third-order valence-electron chi connectivity index (χ3n) is 3.16. The second-order valence-corrected chi connectivity index (χ2v) is 4.93. The fraction of sp³-hybridized carbons (Fsp3) is 0.125. The van der Waals surface area contributed by atoms with Crippen LogP contribution in [0.25, 0.3) is 0 Å². The molecule has 0 aliphatic carbocycles. The van der Waals surface area contributed by atoms with Crippen LogP contribution in [-0.4, -0.2) is 22.9 Å². The van der Waals surface area contributed by atoms with Gasteiger partial charge in [-0.05, 0) is 25.1 Å². The number of nitro groups is 1. The maximum atomic E-state index is 12.1. The summed E-state index contributed by atoms with van der Waals surface area (Å²) in [5, 5.41) is 13.3. The first-order valence-corrected chi connectivity index (χ1v) is 6.99. The van der Waals surface area contributed by atoms with Crippen LogP contribution in [0.2, 0.25) is 0 Å². The molecule has 0 bridgehead atoms. The van der Waals surface area contributed by atoms with Gasteiger partial charge in [-0.3, -0.25) is 14.9 Å². The summed E-state index contributed by atoms with van der Waals surface area (Å²) in [6.07, 6.45) is -1.06. The summed E-state index contributed by atoms with van der Waals surface area (Å²) in [5.41, 5.74) is 5.83. The summed E-state index contributed by atoms with van der Waals surface area (Å²) < 4.78 is 5.05. The Morgan fingerprint density at radius 1 is 1.21 bits per heavy atom. The molecule has 0 aliphatic heterocycles. The maximum absolute atomic E-state index is 12.1. The standard InChI is InChI=1S/C16H15N3O5/c1-10(15(20)18-11-5-3-2-4-6-11)24-16(21)13-8-7-12(19(22)23)9-14(13)17/h2-10H,17H2,1H3,(H,18,20)/t10-/m1/s1. The van der Waals surface area contributed by atoms with E-state index in [-0.39, 0.29) is 16.9 Å². The van der Waals surface area contributed by atoms with Gasteiger partial charge in [-0.25, -0.2) is 4.79 Å². The molecule has 0 spiro atoms. The minimum absolute atomic E-state index is 0.0417. The van der Waals surface area contributed by atoms with E-state index >= 15 is 0 Å². The predicted octanol–water partition coefficient (Wildman–Crippen LogP) is 2.36. The number of carbonyl (C=O) groups excluding carboxylic acids is 2. The van der Waals surface area contributed by atoms with Crippen LogP contribution in [0.1, 0.15) is 17.3 Å². The van der Waals surface area contributed by atoms with Crippen LogP contribution >= 0.6 is 0 Å². The molecule has 0 saturated carbocycles. The number of esters is 1. The van der Waals surface area contributed by atoms with Crippen molar-refractivity contribution in [3.8, 4) is 0 Å². The molecule has 8 nitrogen and oxygen atoms in total. The lowest BCUT2D eigenvalue weighted by molar-refractivity contribution is -0.384. The Labute approximate surface area is 137 Å². The molecule has 1 atom stereocenters. The molecule has 0 fully saturated rings. The number of hydrogen-bond acceptors (Lipinski definition) is 6. The zero-order valence-corrected chi connectivity index (χ0v) is 12.8. The molecule has 0 saturated heterocycles. The van der Waals surface area contributed by atoms with E-state index in [1.807, 2.05) is 0 Å². The summed E-state index contributed by atoms with van der Waals surface area (Å²) >= 11 is 0. The first kappa shape index (κ1) is 16.9. The molecule has 0 heterocycles. The average Bonchev–Trinajstić information content (AvgIpc) is 2.55. The Morgan fingerprint density at radius 3 is 2.46 bits per heavy atom. The molecular weight excluding hydrogens is 314 g/mol.